The van der Waals surface area contributed by atoms with Gasteiger partial charge in [-0.05, 0) is 30.1 Å². The lowest BCUT2D eigenvalue weighted by Gasteiger charge is -2.47. The molecule has 0 spiro atoms. The monoisotopic (exact) mass is 182 g/mol. The maximum Gasteiger partial charge on any atom is -0.0298 e. The second-order valence-electron chi connectivity index (χ2n) is 5.27. The van der Waals surface area contributed by atoms with Gasteiger partial charge in [-0.2, -0.15) is 0 Å². The van der Waals surface area contributed by atoms with Crippen LogP contribution in [0.5, 0.6) is 0 Å². The molecule has 0 aromatic rings. The van der Waals surface area contributed by atoms with Crippen molar-refractivity contribution in [1.29, 1.82) is 0 Å². The topological polar surface area (TPSA) is 0 Å². The lowest BCUT2D eigenvalue weighted by Crippen LogP contribution is -2.38. The molecular weight excluding hydrogens is 156 g/mol. The van der Waals surface area contributed by atoms with E-state index in [-0.39, 0.29) is 0 Å². The molecule has 0 heteroatoms. The van der Waals surface area contributed by atoms with Gasteiger partial charge in [0.25, 0.3) is 0 Å². The first-order valence-corrected chi connectivity index (χ1v) is 6.14. The summed E-state index contributed by atoms with van der Waals surface area (Å²) in [5.74, 6) is 2.03. The Morgan fingerprint density at radius 3 is 2.23 bits per heavy atom. The molecule has 0 aliphatic heterocycles. The van der Waals surface area contributed by atoms with Gasteiger partial charge in [0.05, 0.1) is 0 Å². The average Bonchev–Trinajstić information content (AvgIpc) is 2.12. The minimum absolute atomic E-state index is 0.660. The Labute approximate surface area is 84.1 Å². The van der Waals surface area contributed by atoms with Gasteiger partial charge in [-0.15, -0.1) is 0 Å². The molecule has 0 heterocycles. The van der Waals surface area contributed by atoms with Gasteiger partial charge in [-0.25, -0.2) is 0 Å². The van der Waals surface area contributed by atoms with Crippen LogP contribution in [0.25, 0.3) is 0 Å². The third kappa shape index (κ3) is 2.27. The molecular formula is C13H26. The summed E-state index contributed by atoms with van der Waals surface area (Å²) in [7, 11) is 0. The summed E-state index contributed by atoms with van der Waals surface area (Å²) in [6, 6.07) is 0. The highest BCUT2D eigenvalue weighted by molar-refractivity contribution is 4.90. The van der Waals surface area contributed by atoms with Crippen molar-refractivity contribution in [3.8, 4) is 0 Å². The molecule has 0 N–H and O–H groups in total. The fraction of sp³-hybridized carbons (Fsp3) is 1.00. The van der Waals surface area contributed by atoms with E-state index in [1.165, 1.54) is 38.5 Å². The summed E-state index contributed by atoms with van der Waals surface area (Å²) >= 11 is 0. The Morgan fingerprint density at radius 2 is 1.92 bits per heavy atom. The van der Waals surface area contributed by atoms with Crippen molar-refractivity contribution in [1.82, 2.24) is 0 Å². The molecule has 0 aromatic carbocycles. The zero-order valence-corrected chi connectivity index (χ0v) is 9.90. The Kier molecular flexibility index (Phi) is 3.82. The van der Waals surface area contributed by atoms with E-state index in [0.717, 1.165) is 11.8 Å². The van der Waals surface area contributed by atoms with Gasteiger partial charge in [0.1, 0.15) is 0 Å². The predicted molar refractivity (Wildman–Crippen MR) is 59.8 cm³/mol. The second-order valence-corrected chi connectivity index (χ2v) is 5.27. The van der Waals surface area contributed by atoms with Gasteiger partial charge in [0.15, 0.2) is 0 Å². The number of unbranched alkanes of at least 4 members (excludes halogenated alkanes) is 1. The van der Waals surface area contributed by atoms with E-state index in [2.05, 4.69) is 27.7 Å². The third-order valence-corrected chi connectivity index (χ3v) is 4.42. The van der Waals surface area contributed by atoms with E-state index >= 15 is 0 Å². The Hall–Kier alpha value is 0. The van der Waals surface area contributed by atoms with E-state index in [4.69, 9.17) is 0 Å². The van der Waals surface area contributed by atoms with E-state index in [1.54, 1.807) is 0 Å². The maximum absolute atomic E-state index is 2.52. The van der Waals surface area contributed by atoms with Crippen LogP contribution in [0.2, 0.25) is 0 Å². The van der Waals surface area contributed by atoms with Crippen LogP contribution >= 0.6 is 0 Å². The van der Waals surface area contributed by atoms with Gasteiger partial charge in [-0.1, -0.05) is 53.4 Å². The van der Waals surface area contributed by atoms with Crippen LogP contribution in [0.15, 0.2) is 0 Å². The number of hydrogen-bond acceptors (Lipinski definition) is 0. The van der Waals surface area contributed by atoms with Crippen LogP contribution in [-0.4, -0.2) is 0 Å². The first-order valence-electron chi connectivity index (χ1n) is 6.14. The summed E-state index contributed by atoms with van der Waals surface area (Å²) in [5, 5.41) is 0. The van der Waals surface area contributed by atoms with Crippen LogP contribution in [0, 0.1) is 17.3 Å². The van der Waals surface area contributed by atoms with E-state index in [9.17, 15) is 0 Å². The van der Waals surface area contributed by atoms with Gasteiger partial charge >= 0.3 is 0 Å². The molecule has 13 heavy (non-hydrogen) atoms. The second kappa shape index (κ2) is 4.48. The fourth-order valence-electron chi connectivity index (χ4n) is 2.91. The molecule has 1 aliphatic carbocycles. The molecule has 0 nitrogen and oxygen atoms in total. The lowest BCUT2D eigenvalue weighted by molar-refractivity contribution is 0.0277. The summed E-state index contributed by atoms with van der Waals surface area (Å²) in [6.07, 6.45) is 8.59. The van der Waals surface area contributed by atoms with Crippen LogP contribution in [-0.2, 0) is 0 Å². The first kappa shape index (κ1) is 11.1. The van der Waals surface area contributed by atoms with E-state index < -0.39 is 0 Å². The van der Waals surface area contributed by atoms with E-state index in [1.807, 2.05) is 0 Å². The third-order valence-electron chi connectivity index (χ3n) is 4.42. The number of hydrogen-bond donors (Lipinski definition) is 0. The van der Waals surface area contributed by atoms with Crippen molar-refractivity contribution < 1.29 is 0 Å². The minimum Gasteiger partial charge on any atom is -0.0654 e. The molecule has 78 valence electrons. The summed E-state index contributed by atoms with van der Waals surface area (Å²) < 4.78 is 0. The molecule has 0 saturated heterocycles. The quantitative estimate of drug-likeness (QED) is 0.581. The molecule has 1 saturated carbocycles. The first-order chi connectivity index (χ1) is 6.14. The zero-order chi connectivity index (χ0) is 9.90. The van der Waals surface area contributed by atoms with Crippen LogP contribution < -0.4 is 0 Å². The molecule has 1 aliphatic rings. The molecule has 3 atom stereocenters. The van der Waals surface area contributed by atoms with Gasteiger partial charge in [0.2, 0.25) is 0 Å². The molecule has 3 unspecified atom stereocenters. The normalized spacial score (nSPS) is 32.3. The minimum atomic E-state index is 0.660. The van der Waals surface area contributed by atoms with Gasteiger partial charge in [-0.3, -0.25) is 0 Å². The lowest BCUT2D eigenvalue weighted by atomic mass is 9.58. The molecule has 0 bridgehead atoms. The van der Waals surface area contributed by atoms with E-state index in [0.29, 0.717) is 5.41 Å². The van der Waals surface area contributed by atoms with Crippen molar-refractivity contribution in [2.45, 2.75) is 66.2 Å². The summed E-state index contributed by atoms with van der Waals surface area (Å²) in [5.41, 5.74) is 0.660. The van der Waals surface area contributed by atoms with Crippen molar-refractivity contribution >= 4 is 0 Å². The highest BCUT2D eigenvalue weighted by atomic mass is 14.5. The summed E-state index contributed by atoms with van der Waals surface area (Å²) in [6.45, 7) is 9.64. The Bertz CT molecular complexity index is 150. The molecule has 1 rings (SSSR count). The zero-order valence-electron chi connectivity index (χ0n) is 9.90. The average molecular weight is 182 g/mol. The van der Waals surface area contributed by atoms with Crippen LogP contribution in [0.3, 0.4) is 0 Å². The van der Waals surface area contributed by atoms with Crippen molar-refractivity contribution in [2.24, 2.45) is 17.3 Å². The highest BCUT2D eigenvalue weighted by Gasteiger charge is 2.40. The number of rotatable bonds is 5. The Balaban J connectivity index is 2.47. The predicted octanol–water partition coefficient (Wildman–Crippen LogP) is 4.64. The Morgan fingerprint density at radius 1 is 1.23 bits per heavy atom. The van der Waals surface area contributed by atoms with Crippen molar-refractivity contribution in [3.63, 3.8) is 0 Å². The maximum atomic E-state index is 2.52. The smallest absolute Gasteiger partial charge is 0.0298 e. The largest absolute Gasteiger partial charge is 0.0654 e. The van der Waals surface area contributed by atoms with Crippen molar-refractivity contribution in [2.75, 3.05) is 0 Å². The highest BCUT2D eigenvalue weighted by Crippen LogP contribution is 2.50. The molecule has 0 aromatic heterocycles. The van der Waals surface area contributed by atoms with Crippen LogP contribution in [0.4, 0.5) is 0 Å². The SMILES string of the molecule is CCCCC(C)(CC)C1CCC1C. The van der Waals surface area contributed by atoms with Crippen LogP contribution in [0.1, 0.15) is 66.2 Å². The van der Waals surface area contributed by atoms with Gasteiger partial charge < -0.3 is 0 Å². The molecule has 0 amide bonds. The van der Waals surface area contributed by atoms with Gasteiger partial charge in [0, 0.05) is 0 Å². The molecule has 0 radical (unpaired) electrons. The summed E-state index contributed by atoms with van der Waals surface area (Å²) in [4.78, 5) is 0. The fourth-order valence-corrected chi connectivity index (χ4v) is 2.91. The molecule has 1 fully saturated rings. The van der Waals surface area contributed by atoms with Crippen molar-refractivity contribution in [3.05, 3.63) is 0 Å². The standard InChI is InChI=1S/C13H26/c1-5-7-10-13(4,6-2)12-9-8-11(12)3/h11-12H,5-10H2,1-4H3.